The molecule has 1 heterocycles. The molecule has 0 aromatic heterocycles. The van der Waals surface area contributed by atoms with Gasteiger partial charge >= 0.3 is 0 Å². The summed E-state index contributed by atoms with van der Waals surface area (Å²) >= 11 is 5.83. The Labute approximate surface area is 119 Å². The molecule has 2 rings (SSSR count). The van der Waals surface area contributed by atoms with E-state index in [2.05, 4.69) is 13.8 Å². The van der Waals surface area contributed by atoms with Crippen LogP contribution in [0, 0.1) is 11.8 Å². The molecule has 4 nitrogen and oxygen atoms in total. The summed E-state index contributed by atoms with van der Waals surface area (Å²) in [6.45, 7) is 5.28. The largest absolute Gasteiger partial charge is 0.397 e. The monoisotopic (exact) mass is 302 g/mol. The van der Waals surface area contributed by atoms with Crippen molar-refractivity contribution in [1.82, 2.24) is 4.31 Å². The highest BCUT2D eigenvalue weighted by Crippen LogP contribution is 2.29. The molecule has 0 saturated carbocycles. The molecule has 0 aliphatic carbocycles. The maximum Gasteiger partial charge on any atom is 0.243 e. The van der Waals surface area contributed by atoms with Crippen molar-refractivity contribution < 1.29 is 8.42 Å². The first-order valence-corrected chi connectivity index (χ1v) is 8.17. The zero-order valence-corrected chi connectivity index (χ0v) is 12.7. The zero-order chi connectivity index (χ0) is 14.2. The van der Waals surface area contributed by atoms with Crippen molar-refractivity contribution in [2.24, 2.45) is 11.8 Å². The van der Waals surface area contributed by atoms with Gasteiger partial charge in [-0.15, -0.1) is 0 Å². The molecule has 1 aromatic rings. The first-order valence-electron chi connectivity index (χ1n) is 6.36. The number of halogens is 1. The number of anilines is 1. The van der Waals surface area contributed by atoms with Crippen molar-refractivity contribution in [3.05, 3.63) is 23.2 Å². The topological polar surface area (TPSA) is 63.4 Å². The van der Waals surface area contributed by atoms with Crippen LogP contribution in [0.5, 0.6) is 0 Å². The van der Waals surface area contributed by atoms with Gasteiger partial charge in [0.1, 0.15) is 0 Å². The van der Waals surface area contributed by atoms with Gasteiger partial charge in [0.25, 0.3) is 0 Å². The van der Waals surface area contributed by atoms with Gasteiger partial charge in [0.2, 0.25) is 10.0 Å². The predicted octanol–water partition coefficient (Wildman–Crippen LogP) is 2.59. The van der Waals surface area contributed by atoms with Gasteiger partial charge in [0.15, 0.2) is 0 Å². The van der Waals surface area contributed by atoms with E-state index in [0.29, 0.717) is 35.6 Å². The summed E-state index contributed by atoms with van der Waals surface area (Å²) in [4.78, 5) is 0.218. The molecule has 0 bridgehead atoms. The van der Waals surface area contributed by atoms with E-state index in [4.69, 9.17) is 17.3 Å². The molecule has 1 aromatic carbocycles. The zero-order valence-electron chi connectivity index (χ0n) is 11.1. The van der Waals surface area contributed by atoms with Crippen LogP contribution in [-0.4, -0.2) is 25.8 Å². The van der Waals surface area contributed by atoms with E-state index in [1.807, 2.05) is 0 Å². The molecule has 2 unspecified atom stereocenters. The molecule has 2 atom stereocenters. The van der Waals surface area contributed by atoms with E-state index in [1.54, 1.807) is 4.31 Å². The van der Waals surface area contributed by atoms with Gasteiger partial charge in [-0.05, 0) is 36.5 Å². The Balaban J connectivity index is 2.33. The van der Waals surface area contributed by atoms with Gasteiger partial charge < -0.3 is 5.73 Å². The Bertz CT molecular complexity index is 564. The third-order valence-electron chi connectivity index (χ3n) is 3.44. The van der Waals surface area contributed by atoms with Crippen molar-refractivity contribution in [3.63, 3.8) is 0 Å². The quantitative estimate of drug-likeness (QED) is 0.854. The maximum absolute atomic E-state index is 12.6. The molecule has 0 radical (unpaired) electrons. The van der Waals surface area contributed by atoms with E-state index in [9.17, 15) is 8.42 Å². The van der Waals surface area contributed by atoms with Crippen LogP contribution >= 0.6 is 11.6 Å². The minimum Gasteiger partial charge on any atom is -0.397 e. The molecule has 6 heteroatoms. The van der Waals surface area contributed by atoms with Crippen LogP contribution in [0.15, 0.2) is 23.1 Å². The lowest BCUT2D eigenvalue weighted by molar-refractivity contribution is 0.222. The van der Waals surface area contributed by atoms with Gasteiger partial charge in [-0.1, -0.05) is 25.4 Å². The normalized spacial score (nSPS) is 25.4. The average Bonchev–Trinajstić information content (AvgIpc) is 2.31. The maximum atomic E-state index is 12.6. The fourth-order valence-electron chi connectivity index (χ4n) is 2.63. The molecular weight excluding hydrogens is 284 g/mol. The summed E-state index contributed by atoms with van der Waals surface area (Å²) in [6, 6.07) is 4.47. The van der Waals surface area contributed by atoms with Gasteiger partial charge in [0, 0.05) is 13.1 Å². The van der Waals surface area contributed by atoms with Crippen molar-refractivity contribution >= 4 is 27.3 Å². The predicted molar refractivity (Wildman–Crippen MR) is 77.6 cm³/mol. The minimum absolute atomic E-state index is 0.218. The Morgan fingerprint density at radius 2 is 1.84 bits per heavy atom. The first-order chi connectivity index (χ1) is 8.80. The second-order valence-electron chi connectivity index (χ2n) is 5.45. The summed E-state index contributed by atoms with van der Waals surface area (Å²) < 4.78 is 26.7. The van der Waals surface area contributed by atoms with Crippen molar-refractivity contribution in [2.45, 2.75) is 25.2 Å². The van der Waals surface area contributed by atoms with E-state index >= 15 is 0 Å². The minimum atomic E-state index is -3.47. The lowest BCUT2D eigenvalue weighted by atomic mass is 9.94. The summed E-state index contributed by atoms with van der Waals surface area (Å²) in [6.07, 6.45) is 1.06. The summed E-state index contributed by atoms with van der Waals surface area (Å²) in [5.41, 5.74) is 5.98. The standard InChI is InChI=1S/C13H19ClN2O2S/c1-9-5-10(2)8-16(7-9)19(17,18)11-3-4-12(14)13(15)6-11/h3-4,6,9-10H,5,7-8,15H2,1-2H3. The van der Waals surface area contributed by atoms with E-state index in [-0.39, 0.29) is 4.90 Å². The Morgan fingerprint density at radius 3 is 2.37 bits per heavy atom. The molecule has 1 aliphatic heterocycles. The highest BCUT2D eigenvalue weighted by atomic mass is 35.5. The van der Waals surface area contributed by atoms with Crippen LogP contribution < -0.4 is 5.73 Å². The Kier molecular flexibility index (Phi) is 4.08. The number of nitrogens with zero attached hydrogens (tertiary/aromatic N) is 1. The van der Waals surface area contributed by atoms with Crippen molar-refractivity contribution in [1.29, 1.82) is 0 Å². The highest BCUT2D eigenvalue weighted by molar-refractivity contribution is 7.89. The number of hydrogen-bond acceptors (Lipinski definition) is 3. The first kappa shape index (κ1) is 14.6. The smallest absolute Gasteiger partial charge is 0.243 e. The SMILES string of the molecule is CC1CC(C)CN(S(=O)(=O)c2ccc(Cl)c(N)c2)C1. The van der Waals surface area contributed by atoms with Crippen LogP contribution in [0.2, 0.25) is 5.02 Å². The summed E-state index contributed by atoms with van der Waals surface area (Å²) in [5.74, 6) is 0.756. The fraction of sp³-hybridized carbons (Fsp3) is 0.538. The number of benzene rings is 1. The van der Waals surface area contributed by atoms with Gasteiger partial charge in [-0.2, -0.15) is 4.31 Å². The van der Waals surface area contributed by atoms with Gasteiger partial charge in [0.05, 0.1) is 15.6 Å². The number of sulfonamides is 1. The molecule has 1 saturated heterocycles. The number of hydrogen-bond donors (Lipinski definition) is 1. The van der Waals surface area contributed by atoms with Crippen LogP contribution in [0.4, 0.5) is 5.69 Å². The number of nitrogens with two attached hydrogens (primary N) is 1. The third-order valence-corrected chi connectivity index (χ3v) is 5.61. The molecule has 2 N–H and O–H groups in total. The molecule has 0 amide bonds. The number of rotatable bonds is 2. The van der Waals surface area contributed by atoms with Gasteiger partial charge in [-0.3, -0.25) is 0 Å². The number of nitrogen functional groups attached to an aromatic ring is 1. The molecule has 1 aliphatic rings. The summed E-state index contributed by atoms with van der Waals surface area (Å²) in [7, 11) is -3.47. The second kappa shape index (κ2) is 5.31. The second-order valence-corrected chi connectivity index (χ2v) is 7.80. The van der Waals surface area contributed by atoms with E-state index in [0.717, 1.165) is 6.42 Å². The summed E-state index contributed by atoms with van der Waals surface area (Å²) in [5, 5.41) is 0.374. The van der Waals surface area contributed by atoms with Gasteiger partial charge in [-0.25, -0.2) is 8.42 Å². The van der Waals surface area contributed by atoms with Crippen LogP contribution in [0.1, 0.15) is 20.3 Å². The van der Waals surface area contributed by atoms with Crippen LogP contribution in [0.3, 0.4) is 0 Å². The number of piperidine rings is 1. The highest BCUT2D eigenvalue weighted by Gasteiger charge is 2.31. The fourth-order valence-corrected chi connectivity index (χ4v) is 4.47. The Hall–Kier alpha value is -0.780. The molecule has 106 valence electrons. The lowest BCUT2D eigenvalue weighted by Crippen LogP contribution is -2.42. The van der Waals surface area contributed by atoms with Crippen molar-refractivity contribution in [2.75, 3.05) is 18.8 Å². The van der Waals surface area contributed by atoms with Crippen molar-refractivity contribution in [3.8, 4) is 0 Å². The Morgan fingerprint density at radius 1 is 1.26 bits per heavy atom. The van der Waals surface area contributed by atoms with Crippen LogP contribution in [0.25, 0.3) is 0 Å². The molecule has 0 spiro atoms. The molecule has 1 fully saturated rings. The van der Waals surface area contributed by atoms with Crippen LogP contribution in [-0.2, 0) is 10.0 Å². The van der Waals surface area contributed by atoms with E-state index < -0.39 is 10.0 Å². The third kappa shape index (κ3) is 3.04. The lowest BCUT2D eigenvalue weighted by Gasteiger charge is -2.34. The molecular formula is C13H19ClN2O2S. The average molecular weight is 303 g/mol. The molecule has 19 heavy (non-hydrogen) atoms. The van der Waals surface area contributed by atoms with E-state index in [1.165, 1.54) is 18.2 Å².